The lowest BCUT2D eigenvalue weighted by Gasteiger charge is -2.41. The lowest BCUT2D eigenvalue weighted by atomic mass is 9.79. The fourth-order valence-corrected chi connectivity index (χ4v) is 3.14. The Hall–Kier alpha value is -3.00. The molecular weight excluding hydrogens is 613 g/mol. The van der Waals surface area contributed by atoms with E-state index < -0.39 is 76.3 Å². The lowest BCUT2D eigenvalue weighted by molar-refractivity contribution is -0.366. The number of carbonyl (C=O) groups excluding carboxylic acids is 1. The number of alkyl halides is 17. The molecule has 4 nitrogen and oxygen atoms in total. The summed E-state index contributed by atoms with van der Waals surface area (Å²) in [5.41, 5.74) is -22.4. The minimum absolute atomic E-state index is 0.107. The Kier molecular flexibility index (Phi) is 8.87. The van der Waals surface area contributed by atoms with Crippen molar-refractivity contribution < 1.29 is 89.3 Å². The number of hydrogen-bond acceptors (Lipinski definition) is 3. The molecule has 0 aliphatic rings. The minimum atomic E-state index is -8.28. The van der Waals surface area contributed by atoms with E-state index >= 15 is 0 Å². The zero-order valence-electron chi connectivity index (χ0n) is 19.1. The fourth-order valence-electron chi connectivity index (χ4n) is 3.14. The maximum Gasteiger partial charge on any atom is 0.449 e. The Morgan fingerprint density at radius 2 is 1.00 bits per heavy atom. The standard InChI is InChI=1S/C19H12F17NO3/c1-37(2,7-10(38)39)8-3-5-9(6-4-8)40-12(15(22,23)24)11(13(20,16(25,26)27)17(28,29)30)14(21,18(31,32)33)19(34,35)36/h3-6H,7H2,1-2H3. The van der Waals surface area contributed by atoms with Crippen molar-refractivity contribution in [3.63, 3.8) is 0 Å². The largest absolute Gasteiger partial charge is 0.544 e. The summed E-state index contributed by atoms with van der Waals surface area (Å²) in [5, 5.41) is 10.8. The molecule has 0 radical (unpaired) electrons. The average Bonchev–Trinajstić information content (AvgIpc) is 2.68. The molecule has 21 heteroatoms. The molecule has 0 fully saturated rings. The van der Waals surface area contributed by atoms with Crippen LogP contribution in [-0.2, 0) is 4.79 Å². The van der Waals surface area contributed by atoms with E-state index in [4.69, 9.17) is 0 Å². The number of carboxylic acids is 1. The molecule has 0 amide bonds. The normalized spacial score (nSPS) is 14.7. The molecule has 1 aromatic rings. The maximum absolute atomic E-state index is 14.7. The van der Waals surface area contributed by atoms with Gasteiger partial charge >= 0.3 is 42.2 Å². The van der Waals surface area contributed by atoms with Crippen LogP contribution in [0.3, 0.4) is 0 Å². The summed E-state index contributed by atoms with van der Waals surface area (Å²) in [6.45, 7) is -0.874. The van der Waals surface area contributed by atoms with Gasteiger partial charge in [0.25, 0.3) is 0 Å². The lowest BCUT2D eigenvalue weighted by Crippen LogP contribution is -2.67. The number of nitrogens with zero attached hydrogens (tertiary/aromatic N) is 1. The third kappa shape index (κ3) is 6.32. The highest BCUT2D eigenvalue weighted by molar-refractivity contribution is 5.69. The van der Waals surface area contributed by atoms with E-state index in [1.807, 2.05) is 0 Å². The smallest absolute Gasteiger partial charge is 0.449 e. The maximum atomic E-state index is 14.7. The highest BCUT2D eigenvalue weighted by atomic mass is 19.4. The number of benzene rings is 1. The van der Waals surface area contributed by atoms with Gasteiger partial charge in [-0.15, -0.1) is 0 Å². The predicted octanol–water partition coefficient (Wildman–Crippen LogP) is 5.86. The summed E-state index contributed by atoms with van der Waals surface area (Å²) in [4.78, 5) is 10.8. The first-order chi connectivity index (χ1) is 17.4. The van der Waals surface area contributed by atoms with Crippen LogP contribution in [0.2, 0.25) is 0 Å². The minimum Gasteiger partial charge on any atom is -0.544 e. The van der Waals surface area contributed by atoms with Crippen LogP contribution < -0.4 is 14.3 Å². The van der Waals surface area contributed by atoms with Crippen LogP contribution in [0.25, 0.3) is 0 Å². The van der Waals surface area contributed by atoms with Crippen molar-refractivity contribution in [2.24, 2.45) is 0 Å². The van der Waals surface area contributed by atoms with Gasteiger partial charge in [-0.1, -0.05) is 0 Å². The average molecular weight is 625 g/mol. The monoisotopic (exact) mass is 625 g/mol. The highest BCUT2D eigenvalue weighted by Crippen LogP contribution is 2.63. The van der Waals surface area contributed by atoms with Crippen molar-refractivity contribution in [2.45, 2.75) is 42.2 Å². The number of ether oxygens (including phenoxy) is 1. The molecule has 0 bridgehead atoms. The second-order valence-corrected chi connectivity index (χ2v) is 8.32. The fraction of sp³-hybridized carbons (Fsp3) is 0.526. The molecule has 0 saturated heterocycles. The molecule has 40 heavy (non-hydrogen) atoms. The molecule has 1 rings (SSSR count). The summed E-state index contributed by atoms with van der Waals surface area (Å²) in [5.74, 6) is -8.10. The first-order valence-electron chi connectivity index (χ1n) is 9.64. The van der Waals surface area contributed by atoms with Crippen LogP contribution >= 0.6 is 0 Å². The van der Waals surface area contributed by atoms with Crippen molar-refractivity contribution >= 4 is 11.7 Å². The van der Waals surface area contributed by atoms with Crippen LogP contribution in [0.4, 0.5) is 80.3 Å². The Balaban J connectivity index is 4.32. The van der Waals surface area contributed by atoms with Gasteiger partial charge in [0.05, 0.1) is 25.6 Å². The molecule has 0 aliphatic carbocycles. The Bertz CT molecular complexity index is 1040. The summed E-state index contributed by atoms with van der Waals surface area (Å²) in [6.07, 6.45) is -39.7. The van der Waals surface area contributed by atoms with Crippen LogP contribution in [0, 0.1) is 0 Å². The van der Waals surface area contributed by atoms with Crippen molar-refractivity contribution in [1.29, 1.82) is 0 Å². The number of hydrogen-bond donors (Lipinski definition) is 0. The number of carbonyl (C=O) groups is 1. The quantitative estimate of drug-likeness (QED) is 0.217. The van der Waals surface area contributed by atoms with Gasteiger partial charge in [0.2, 0.25) is 5.76 Å². The van der Waals surface area contributed by atoms with E-state index in [0.29, 0.717) is 12.1 Å². The van der Waals surface area contributed by atoms with Crippen molar-refractivity contribution in [1.82, 2.24) is 4.48 Å². The van der Waals surface area contributed by atoms with E-state index in [2.05, 4.69) is 4.74 Å². The molecule has 0 unspecified atom stereocenters. The van der Waals surface area contributed by atoms with Crippen LogP contribution in [-0.4, -0.2) is 68.8 Å². The van der Waals surface area contributed by atoms with Crippen LogP contribution in [0.15, 0.2) is 35.6 Å². The molecule has 0 aliphatic heterocycles. The van der Waals surface area contributed by atoms with E-state index in [1.54, 1.807) is 0 Å². The van der Waals surface area contributed by atoms with Gasteiger partial charge in [0.15, 0.2) is 0 Å². The summed E-state index contributed by atoms with van der Waals surface area (Å²) in [6, 6.07) is 1.27. The molecule has 0 aromatic heterocycles. The molecule has 0 N–H and O–H groups in total. The van der Waals surface area contributed by atoms with Crippen molar-refractivity contribution in [2.75, 3.05) is 20.6 Å². The third-order valence-corrected chi connectivity index (χ3v) is 5.02. The number of quaternary nitrogens is 1. The Morgan fingerprint density at radius 3 is 1.25 bits per heavy atom. The van der Waals surface area contributed by atoms with Gasteiger partial charge in [-0.3, -0.25) is 4.48 Å². The number of halogens is 17. The van der Waals surface area contributed by atoms with E-state index in [0.717, 1.165) is 14.1 Å². The van der Waals surface area contributed by atoms with Crippen LogP contribution in [0.5, 0.6) is 5.75 Å². The van der Waals surface area contributed by atoms with E-state index in [-0.39, 0.29) is 17.8 Å². The topological polar surface area (TPSA) is 49.4 Å². The molecule has 0 heterocycles. The second-order valence-electron chi connectivity index (χ2n) is 8.32. The van der Waals surface area contributed by atoms with Gasteiger partial charge < -0.3 is 14.6 Å². The first-order valence-corrected chi connectivity index (χ1v) is 9.64. The number of likely N-dealkylation sites (N-methyl/N-ethyl adjacent to an activating group) is 1. The second kappa shape index (κ2) is 10.1. The molecule has 0 atom stereocenters. The highest BCUT2D eigenvalue weighted by Gasteiger charge is 2.88. The molecular formula is C19H12F17NO3. The van der Waals surface area contributed by atoms with Crippen molar-refractivity contribution in [3.8, 4) is 5.75 Å². The van der Waals surface area contributed by atoms with E-state index in [9.17, 15) is 84.5 Å². The van der Waals surface area contributed by atoms with Gasteiger partial charge in [0.1, 0.15) is 18.0 Å². The Labute approximate surface area is 210 Å². The van der Waals surface area contributed by atoms with Crippen molar-refractivity contribution in [3.05, 3.63) is 35.6 Å². The van der Waals surface area contributed by atoms with Gasteiger partial charge in [-0.05, 0) is 12.1 Å². The van der Waals surface area contributed by atoms with E-state index in [1.165, 1.54) is 0 Å². The van der Waals surface area contributed by atoms with Gasteiger partial charge in [-0.2, -0.15) is 65.9 Å². The number of aliphatic carboxylic acids is 1. The number of carboxylic acid groups (broad SMARTS) is 1. The third-order valence-electron chi connectivity index (χ3n) is 5.02. The van der Waals surface area contributed by atoms with Crippen LogP contribution in [0.1, 0.15) is 0 Å². The SMILES string of the molecule is C[N+](C)(CC(=O)[O-])c1ccc(OC(=C(C(F)(C(F)(F)F)C(F)(F)F)C(F)(C(F)(F)F)C(F)(F)F)C(F)(F)F)cc1. The van der Waals surface area contributed by atoms with Gasteiger partial charge in [-0.25, -0.2) is 8.78 Å². The Morgan fingerprint density at radius 1 is 0.675 bits per heavy atom. The zero-order chi connectivity index (χ0) is 32.1. The molecule has 1 aromatic carbocycles. The number of allylic oxidation sites excluding steroid dienone is 2. The van der Waals surface area contributed by atoms with Gasteiger partial charge in [0, 0.05) is 12.1 Å². The summed E-state index contributed by atoms with van der Waals surface area (Å²) in [7, 11) is 2.19. The predicted molar refractivity (Wildman–Crippen MR) is 95.6 cm³/mol. The first kappa shape index (κ1) is 35.0. The number of rotatable bonds is 7. The summed E-state index contributed by atoms with van der Waals surface area (Å²) < 4.78 is 232. The molecule has 0 saturated carbocycles. The zero-order valence-corrected chi connectivity index (χ0v) is 19.1. The summed E-state index contributed by atoms with van der Waals surface area (Å²) >= 11 is 0. The molecule has 230 valence electrons. The molecule has 0 spiro atoms.